The lowest BCUT2D eigenvalue weighted by Crippen LogP contribution is -2.39. The van der Waals surface area contributed by atoms with Gasteiger partial charge in [-0.15, -0.1) is 0 Å². The van der Waals surface area contributed by atoms with Crippen molar-refractivity contribution in [3.63, 3.8) is 0 Å². The summed E-state index contributed by atoms with van der Waals surface area (Å²) < 4.78 is 7.71. The number of hydrogen-bond donors (Lipinski definition) is 2. The van der Waals surface area contributed by atoms with Crippen molar-refractivity contribution in [1.29, 1.82) is 0 Å². The molecule has 0 spiro atoms. The molecule has 1 aromatic heterocycles. The highest BCUT2D eigenvalue weighted by molar-refractivity contribution is 5.79. The van der Waals surface area contributed by atoms with Crippen LogP contribution in [0.2, 0.25) is 0 Å². The molecule has 23 heavy (non-hydrogen) atoms. The van der Waals surface area contributed by atoms with Gasteiger partial charge in [-0.3, -0.25) is 9.67 Å². The van der Waals surface area contributed by atoms with Crippen LogP contribution in [0.15, 0.2) is 23.5 Å². The smallest absolute Gasteiger partial charge is 0.191 e. The van der Waals surface area contributed by atoms with E-state index in [4.69, 9.17) is 4.74 Å². The van der Waals surface area contributed by atoms with Crippen LogP contribution >= 0.6 is 0 Å². The number of aliphatic imine (C=N–C) groups is 1. The highest BCUT2D eigenvalue weighted by Crippen LogP contribution is 2.09. The third kappa shape index (κ3) is 8.59. The second kappa shape index (κ2) is 11.9. The minimum absolute atomic E-state index is 0.301. The Morgan fingerprint density at radius 3 is 2.74 bits per heavy atom. The van der Waals surface area contributed by atoms with Crippen LogP contribution in [-0.4, -0.2) is 48.1 Å². The number of aryl methyl sites for hydroxylation is 1. The summed E-state index contributed by atoms with van der Waals surface area (Å²) in [7, 11) is 0. The van der Waals surface area contributed by atoms with E-state index in [0.717, 1.165) is 51.6 Å². The molecule has 0 aliphatic heterocycles. The number of ether oxygens (including phenoxy) is 1. The standard InChI is InChI=1S/C17H33N5O/c1-5-18-17(19-10-7-13-22-14-8-11-21-22)20-12-9-16(15(3)4)23-6-2/h8,11,14-16H,5-7,9-10,12-13H2,1-4H3,(H2,18,19,20). The number of aromatic nitrogens is 2. The maximum Gasteiger partial charge on any atom is 0.191 e. The highest BCUT2D eigenvalue weighted by atomic mass is 16.5. The quantitative estimate of drug-likeness (QED) is 0.372. The summed E-state index contributed by atoms with van der Waals surface area (Å²) in [6, 6.07) is 1.94. The van der Waals surface area contributed by atoms with Crippen molar-refractivity contribution in [2.24, 2.45) is 10.9 Å². The summed E-state index contributed by atoms with van der Waals surface area (Å²) >= 11 is 0. The lowest BCUT2D eigenvalue weighted by Gasteiger charge is -2.21. The lowest BCUT2D eigenvalue weighted by molar-refractivity contribution is 0.0258. The van der Waals surface area contributed by atoms with Crippen LogP contribution in [0.1, 0.15) is 40.5 Å². The molecule has 0 aromatic carbocycles. The second-order valence-corrected chi connectivity index (χ2v) is 5.84. The van der Waals surface area contributed by atoms with Crippen molar-refractivity contribution in [2.75, 3.05) is 26.2 Å². The van der Waals surface area contributed by atoms with Gasteiger partial charge < -0.3 is 15.4 Å². The van der Waals surface area contributed by atoms with E-state index in [1.807, 2.05) is 23.9 Å². The number of rotatable bonds is 11. The van der Waals surface area contributed by atoms with E-state index in [1.54, 1.807) is 6.20 Å². The van der Waals surface area contributed by atoms with Gasteiger partial charge in [0.25, 0.3) is 0 Å². The summed E-state index contributed by atoms with van der Waals surface area (Å²) in [4.78, 5) is 4.61. The van der Waals surface area contributed by atoms with Crippen molar-refractivity contribution in [2.45, 2.75) is 53.2 Å². The van der Waals surface area contributed by atoms with Gasteiger partial charge in [0.15, 0.2) is 5.96 Å². The number of nitrogens with zero attached hydrogens (tertiary/aromatic N) is 3. The number of hydrogen-bond acceptors (Lipinski definition) is 3. The molecule has 0 saturated carbocycles. The molecule has 0 saturated heterocycles. The van der Waals surface area contributed by atoms with Gasteiger partial charge in [0.1, 0.15) is 0 Å². The number of nitrogens with one attached hydrogen (secondary N) is 2. The molecular formula is C17H33N5O. The van der Waals surface area contributed by atoms with Crippen molar-refractivity contribution in [3.8, 4) is 0 Å². The molecule has 132 valence electrons. The molecule has 1 heterocycles. The summed E-state index contributed by atoms with van der Waals surface area (Å²) in [6.45, 7) is 12.7. The van der Waals surface area contributed by atoms with Gasteiger partial charge in [-0.2, -0.15) is 5.10 Å². The second-order valence-electron chi connectivity index (χ2n) is 5.84. The molecule has 6 nitrogen and oxygen atoms in total. The zero-order valence-electron chi connectivity index (χ0n) is 15.1. The maximum absolute atomic E-state index is 5.78. The van der Waals surface area contributed by atoms with Gasteiger partial charge in [0, 0.05) is 45.2 Å². The molecule has 6 heteroatoms. The Balaban J connectivity index is 2.30. The Morgan fingerprint density at radius 1 is 1.30 bits per heavy atom. The maximum atomic E-state index is 5.78. The van der Waals surface area contributed by atoms with Crippen LogP contribution in [0.25, 0.3) is 0 Å². The Labute approximate surface area is 140 Å². The third-order valence-electron chi connectivity index (χ3n) is 3.56. The van der Waals surface area contributed by atoms with Gasteiger partial charge in [0.2, 0.25) is 0 Å². The summed E-state index contributed by atoms with van der Waals surface area (Å²) in [6.07, 6.45) is 6.05. The summed E-state index contributed by atoms with van der Waals surface area (Å²) in [5.41, 5.74) is 0. The Bertz CT molecular complexity index is 417. The third-order valence-corrected chi connectivity index (χ3v) is 3.56. The Hall–Kier alpha value is -1.56. The predicted octanol–water partition coefficient (Wildman–Crippen LogP) is 2.28. The zero-order valence-corrected chi connectivity index (χ0v) is 15.1. The molecule has 1 atom stereocenters. The largest absolute Gasteiger partial charge is 0.378 e. The average Bonchev–Trinajstić information content (AvgIpc) is 3.03. The van der Waals surface area contributed by atoms with Crippen LogP contribution in [-0.2, 0) is 11.3 Å². The van der Waals surface area contributed by atoms with E-state index in [2.05, 4.69) is 41.5 Å². The van der Waals surface area contributed by atoms with E-state index < -0.39 is 0 Å². The zero-order chi connectivity index (χ0) is 16.9. The van der Waals surface area contributed by atoms with Gasteiger partial charge in [-0.25, -0.2) is 0 Å². The highest BCUT2D eigenvalue weighted by Gasteiger charge is 2.12. The van der Waals surface area contributed by atoms with Crippen LogP contribution in [0.3, 0.4) is 0 Å². The molecule has 1 rings (SSSR count). The van der Waals surface area contributed by atoms with Crippen molar-refractivity contribution >= 4 is 5.96 Å². The topological polar surface area (TPSA) is 63.5 Å². The molecule has 0 amide bonds. The fraction of sp³-hybridized carbons (Fsp3) is 0.765. The summed E-state index contributed by atoms with van der Waals surface area (Å²) in [5.74, 6) is 1.41. The molecule has 0 radical (unpaired) electrons. The van der Waals surface area contributed by atoms with Crippen molar-refractivity contribution in [3.05, 3.63) is 18.5 Å². The minimum atomic E-state index is 0.301. The van der Waals surface area contributed by atoms with Crippen molar-refractivity contribution < 1.29 is 4.74 Å². The lowest BCUT2D eigenvalue weighted by atomic mass is 10.0. The van der Waals surface area contributed by atoms with E-state index in [9.17, 15) is 0 Å². The van der Waals surface area contributed by atoms with E-state index >= 15 is 0 Å². The van der Waals surface area contributed by atoms with Crippen LogP contribution in [0, 0.1) is 5.92 Å². The Kier molecular flexibility index (Phi) is 10.1. The fourth-order valence-electron chi connectivity index (χ4n) is 2.35. The van der Waals surface area contributed by atoms with Crippen LogP contribution in [0.5, 0.6) is 0 Å². The molecule has 2 N–H and O–H groups in total. The first-order valence-electron chi connectivity index (χ1n) is 8.78. The van der Waals surface area contributed by atoms with Crippen molar-refractivity contribution in [1.82, 2.24) is 20.4 Å². The molecule has 1 unspecified atom stereocenters. The SMILES string of the molecule is CCNC(=NCCCn1cccn1)NCCC(OCC)C(C)C. The molecule has 0 aliphatic carbocycles. The molecule has 0 bridgehead atoms. The molecule has 1 aromatic rings. The molecular weight excluding hydrogens is 290 g/mol. The normalized spacial score (nSPS) is 13.3. The van der Waals surface area contributed by atoms with Gasteiger partial charge in [-0.1, -0.05) is 13.8 Å². The van der Waals surface area contributed by atoms with Gasteiger partial charge in [-0.05, 0) is 38.7 Å². The first-order chi connectivity index (χ1) is 11.2. The first-order valence-corrected chi connectivity index (χ1v) is 8.78. The van der Waals surface area contributed by atoms with E-state index in [1.165, 1.54) is 0 Å². The fourth-order valence-corrected chi connectivity index (χ4v) is 2.35. The van der Waals surface area contributed by atoms with Gasteiger partial charge >= 0.3 is 0 Å². The molecule has 0 aliphatic rings. The first kappa shape index (κ1) is 19.5. The van der Waals surface area contributed by atoms with E-state index in [-0.39, 0.29) is 0 Å². The Morgan fingerprint density at radius 2 is 2.13 bits per heavy atom. The minimum Gasteiger partial charge on any atom is -0.378 e. The summed E-state index contributed by atoms with van der Waals surface area (Å²) in [5, 5.41) is 10.9. The van der Waals surface area contributed by atoms with Gasteiger partial charge in [0.05, 0.1) is 6.10 Å². The van der Waals surface area contributed by atoms with Crippen LogP contribution in [0.4, 0.5) is 0 Å². The van der Waals surface area contributed by atoms with E-state index in [0.29, 0.717) is 12.0 Å². The molecule has 0 fully saturated rings. The average molecular weight is 323 g/mol. The monoisotopic (exact) mass is 323 g/mol. The van der Waals surface area contributed by atoms with Crippen LogP contribution < -0.4 is 10.6 Å². The number of guanidine groups is 1. The predicted molar refractivity (Wildman–Crippen MR) is 95.7 cm³/mol.